The summed E-state index contributed by atoms with van der Waals surface area (Å²) in [6.07, 6.45) is 0.971. The second-order valence-corrected chi connectivity index (χ2v) is 9.89. The first kappa shape index (κ1) is 19.2. The summed E-state index contributed by atoms with van der Waals surface area (Å²) in [6, 6.07) is 12.1. The predicted octanol–water partition coefficient (Wildman–Crippen LogP) is 4.13. The second-order valence-electron chi connectivity index (χ2n) is 8.91. The number of hydrogen-bond acceptors (Lipinski definition) is 3. The van der Waals surface area contributed by atoms with Gasteiger partial charge in [0.05, 0.1) is 0 Å². The maximum atomic E-state index is 12.8. The maximum Gasteiger partial charge on any atom is 0.253 e. The van der Waals surface area contributed by atoms with E-state index in [1.54, 1.807) is 11.3 Å². The highest BCUT2D eigenvalue weighted by atomic mass is 32.1. The molecule has 1 saturated heterocycles. The zero-order valence-electron chi connectivity index (χ0n) is 16.9. The van der Waals surface area contributed by atoms with Crippen LogP contribution in [0.25, 0.3) is 0 Å². The molecule has 2 aliphatic rings. The highest BCUT2D eigenvalue weighted by Crippen LogP contribution is 2.50. The van der Waals surface area contributed by atoms with Crippen molar-refractivity contribution >= 4 is 23.2 Å². The largest absolute Gasteiger partial charge is 0.339 e. The molecule has 148 valence electrons. The van der Waals surface area contributed by atoms with Crippen molar-refractivity contribution in [2.24, 2.45) is 5.92 Å². The van der Waals surface area contributed by atoms with E-state index in [1.165, 1.54) is 10.4 Å². The van der Waals surface area contributed by atoms with Crippen molar-refractivity contribution in [3.8, 4) is 0 Å². The first-order valence-corrected chi connectivity index (χ1v) is 10.9. The minimum Gasteiger partial charge on any atom is -0.339 e. The van der Waals surface area contributed by atoms with Crippen molar-refractivity contribution < 1.29 is 9.59 Å². The lowest BCUT2D eigenvalue weighted by Gasteiger charge is -2.35. The van der Waals surface area contributed by atoms with Gasteiger partial charge in [0.25, 0.3) is 5.91 Å². The Hall–Kier alpha value is -2.14. The van der Waals surface area contributed by atoms with E-state index in [0.717, 1.165) is 12.0 Å². The summed E-state index contributed by atoms with van der Waals surface area (Å²) in [5.41, 5.74) is 2.04. The number of carbonyl (C=O) groups excluding carboxylic acids is 2. The van der Waals surface area contributed by atoms with Gasteiger partial charge in [-0.3, -0.25) is 9.59 Å². The smallest absolute Gasteiger partial charge is 0.253 e. The average molecular weight is 397 g/mol. The van der Waals surface area contributed by atoms with Crippen molar-refractivity contribution in [1.82, 2.24) is 9.80 Å². The van der Waals surface area contributed by atoms with Crippen LogP contribution in [0.4, 0.5) is 0 Å². The molecule has 2 aromatic rings. The maximum absolute atomic E-state index is 12.8. The van der Waals surface area contributed by atoms with Crippen molar-refractivity contribution in [2.75, 3.05) is 26.2 Å². The van der Waals surface area contributed by atoms with E-state index < -0.39 is 0 Å². The SMILES string of the molecule is CC(C)(C)c1ccc(C(=O)N2CCN(C(=O)C3CC3c3cccs3)CC2)cc1. The van der Waals surface area contributed by atoms with Crippen LogP contribution in [0, 0.1) is 5.92 Å². The van der Waals surface area contributed by atoms with Crippen LogP contribution in [0.1, 0.15) is 53.9 Å². The number of amides is 2. The Labute approximate surface area is 171 Å². The zero-order chi connectivity index (χ0) is 19.9. The topological polar surface area (TPSA) is 40.6 Å². The Kier molecular flexibility index (Phi) is 5.04. The van der Waals surface area contributed by atoms with E-state index in [2.05, 4.69) is 38.3 Å². The van der Waals surface area contributed by atoms with Gasteiger partial charge in [0.1, 0.15) is 0 Å². The van der Waals surface area contributed by atoms with Crippen LogP contribution in [-0.4, -0.2) is 47.8 Å². The fourth-order valence-corrected chi connectivity index (χ4v) is 4.85. The van der Waals surface area contributed by atoms with Crippen molar-refractivity contribution in [3.05, 3.63) is 57.8 Å². The number of carbonyl (C=O) groups is 2. The molecule has 0 spiro atoms. The fraction of sp³-hybridized carbons (Fsp3) is 0.478. The molecule has 2 heterocycles. The summed E-state index contributed by atoms with van der Waals surface area (Å²) in [4.78, 5) is 30.7. The fourth-order valence-electron chi connectivity index (χ4n) is 3.94. The molecule has 0 bridgehead atoms. The summed E-state index contributed by atoms with van der Waals surface area (Å²) in [7, 11) is 0. The molecule has 2 atom stereocenters. The lowest BCUT2D eigenvalue weighted by atomic mass is 9.86. The zero-order valence-corrected chi connectivity index (χ0v) is 17.7. The molecule has 2 fully saturated rings. The summed E-state index contributed by atoms with van der Waals surface area (Å²) in [5, 5.41) is 2.08. The van der Waals surface area contributed by atoms with E-state index in [-0.39, 0.29) is 23.1 Å². The van der Waals surface area contributed by atoms with Crippen LogP contribution < -0.4 is 0 Å². The summed E-state index contributed by atoms with van der Waals surface area (Å²) < 4.78 is 0. The Morgan fingerprint density at radius 2 is 1.61 bits per heavy atom. The number of rotatable bonds is 3. The number of piperazine rings is 1. The van der Waals surface area contributed by atoms with Gasteiger partial charge in [-0.2, -0.15) is 0 Å². The van der Waals surface area contributed by atoms with Gasteiger partial charge in [-0.15, -0.1) is 11.3 Å². The number of nitrogens with zero attached hydrogens (tertiary/aromatic N) is 2. The van der Waals surface area contributed by atoms with Crippen molar-refractivity contribution in [1.29, 1.82) is 0 Å². The molecule has 1 saturated carbocycles. The monoisotopic (exact) mass is 396 g/mol. The van der Waals surface area contributed by atoms with Gasteiger partial charge in [0.15, 0.2) is 0 Å². The van der Waals surface area contributed by atoms with E-state index in [9.17, 15) is 9.59 Å². The van der Waals surface area contributed by atoms with Gasteiger partial charge in [-0.05, 0) is 41.0 Å². The van der Waals surface area contributed by atoms with E-state index in [4.69, 9.17) is 0 Å². The summed E-state index contributed by atoms with van der Waals surface area (Å²) >= 11 is 1.74. The molecule has 2 amide bonds. The van der Waals surface area contributed by atoms with Gasteiger partial charge in [0, 0.05) is 48.5 Å². The highest BCUT2D eigenvalue weighted by Gasteiger charge is 2.46. The van der Waals surface area contributed by atoms with Crippen LogP contribution in [0.15, 0.2) is 41.8 Å². The molecule has 5 heteroatoms. The van der Waals surface area contributed by atoms with Crippen LogP contribution in [0.3, 0.4) is 0 Å². The normalized spacial score (nSPS) is 22.2. The molecule has 0 radical (unpaired) electrons. The first-order chi connectivity index (χ1) is 13.3. The van der Waals surface area contributed by atoms with Crippen LogP contribution >= 0.6 is 11.3 Å². The van der Waals surface area contributed by atoms with Gasteiger partial charge >= 0.3 is 0 Å². The lowest BCUT2D eigenvalue weighted by molar-refractivity contribution is -0.134. The molecular weight excluding hydrogens is 368 g/mol. The molecule has 28 heavy (non-hydrogen) atoms. The van der Waals surface area contributed by atoms with E-state index >= 15 is 0 Å². The van der Waals surface area contributed by atoms with Gasteiger partial charge in [-0.25, -0.2) is 0 Å². The quantitative estimate of drug-likeness (QED) is 0.783. The Bertz CT molecular complexity index is 844. The molecule has 1 aliphatic heterocycles. The summed E-state index contributed by atoms with van der Waals surface area (Å²) in [6.45, 7) is 9.01. The van der Waals surface area contributed by atoms with Crippen molar-refractivity contribution in [3.63, 3.8) is 0 Å². The first-order valence-electron chi connectivity index (χ1n) is 10.1. The molecule has 1 aromatic carbocycles. The third-order valence-corrected chi connectivity index (χ3v) is 6.90. The van der Waals surface area contributed by atoms with E-state index in [1.807, 2.05) is 34.1 Å². The molecule has 1 aromatic heterocycles. The summed E-state index contributed by atoms with van der Waals surface area (Å²) in [5.74, 6) is 0.884. The molecule has 2 unspecified atom stereocenters. The molecule has 4 rings (SSSR count). The standard InChI is InChI=1S/C23H28N2O2S/c1-23(2,3)17-8-6-16(7-9-17)21(26)24-10-12-25(13-11-24)22(27)19-15-18(19)20-5-4-14-28-20/h4-9,14,18-19H,10-13,15H2,1-3H3. The van der Waals surface area contributed by atoms with Crippen molar-refractivity contribution in [2.45, 2.75) is 38.5 Å². The van der Waals surface area contributed by atoms with Gasteiger partial charge < -0.3 is 9.80 Å². The lowest BCUT2D eigenvalue weighted by Crippen LogP contribution is -2.51. The van der Waals surface area contributed by atoms with Crippen LogP contribution in [0.5, 0.6) is 0 Å². The predicted molar refractivity (Wildman–Crippen MR) is 113 cm³/mol. The third kappa shape index (κ3) is 3.86. The minimum absolute atomic E-state index is 0.0652. The van der Waals surface area contributed by atoms with Crippen LogP contribution in [-0.2, 0) is 10.2 Å². The molecule has 1 aliphatic carbocycles. The van der Waals surface area contributed by atoms with Crippen LogP contribution in [0.2, 0.25) is 0 Å². The molecular formula is C23H28N2O2S. The molecule has 0 N–H and O–H groups in total. The Balaban J connectivity index is 1.31. The molecule has 4 nitrogen and oxygen atoms in total. The Morgan fingerprint density at radius 1 is 0.964 bits per heavy atom. The van der Waals surface area contributed by atoms with Gasteiger partial charge in [0.2, 0.25) is 5.91 Å². The van der Waals surface area contributed by atoms with Gasteiger partial charge in [-0.1, -0.05) is 39.0 Å². The van der Waals surface area contributed by atoms with E-state index in [0.29, 0.717) is 32.1 Å². The number of benzene rings is 1. The number of thiophene rings is 1. The third-order valence-electron chi connectivity index (χ3n) is 5.89. The highest BCUT2D eigenvalue weighted by molar-refractivity contribution is 7.10. The second kappa shape index (κ2) is 7.36. The average Bonchev–Trinajstić information content (AvgIpc) is 3.31. The number of hydrogen-bond donors (Lipinski definition) is 0. The Morgan fingerprint density at radius 3 is 2.18 bits per heavy atom. The minimum atomic E-state index is 0.0652.